The first-order valence-electron chi connectivity index (χ1n) is 9.30. The van der Waals surface area contributed by atoms with Crippen molar-refractivity contribution in [3.8, 4) is 0 Å². The van der Waals surface area contributed by atoms with E-state index in [1.165, 1.54) is 0 Å². The van der Waals surface area contributed by atoms with Gasteiger partial charge in [0.05, 0.1) is 19.7 Å². The van der Waals surface area contributed by atoms with E-state index >= 15 is 0 Å². The molecule has 0 aromatic rings. The third-order valence-corrected chi connectivity index (χ3v) is 8.53. The summed E-state index contributed by atoms with van der Waals surface area (Å²) in [5, 5.41) is 0. The summed E-state index contributed by atoms with van der Waals surface area (Å²) in [5.41, 5.74) is -0.591. The molecule has 0 bridgehead atoms. The molecule has 0 aromatic carbocycles. The zero-order valence-corrected chi connectivity index (χ0v) is 17.3. The van der Waals surface area contributed by atoms with Crippen LogP contribution in [-0.4, -0.2) is 38.3 Å². The predicted octanol–water partition coefficient (Wildman–Crippen LogP) is 3.84. The molecule has 1 aliphatic heterocycles. The molecule has 5 heteroatoms. The van der Waals surface area contributed by atoms with E-state index in [0.717, 1.165) is 19.3 Å². The van der Waals surface area contributed by atoms with E-state index in [1.54, 1.807) is 14.0 Å². The third kappa shape index (κ3) is 3.21. The second-order valence-corrected chi connectivity index (χ2v) is 14.3. The Morgan fingerprint density at radius 2 is 1.96 bits per heavy atom. The highest BCUT2D eigenvalue weighted by molar-refractivity contribution is 6.77. The first-order chi connectivity index (χ1) is 11.1. The first-order valence-corrected chi connectivity index (χ1v) is 12.9. The van der Waals surface area contributed by atoms with Gasteiger partial charge in [-0.05, 0) is 32.1 Å². The van der Waals surface area contributed by atoms with E-state index in [-0.39, 0.29) is 35.2 Å². The normalized spacial score (nSPS) is 37.7. The Morgan fingerprint density at radius 3 is 2.46 bits per heavy atom. The van der Waals surface area contributed by atoms with E-state index in [0.29, 0.717) is 12.3 Å². The van der Waals surface area contributed by atoms with Crippen molar-refractivity contribution in [3.63, 3.8) is 0 Å². The molecule has 1 saturated heterocycles. The zero-order valence-electron chi connectivity index (χ0n) is 16.3. The summed E-state index contributed by atoms with van der Waals surface area (Å²) < 4.78 is 12.3. The fourth-order valence-corrected chi connectivity index (χ4v) is 7.89. The van der Waals surface area contributed by atoms with Gasteiger partial charge in [-0.3, -0.25) is 4.79 Å². The third-order valence-electron chi connectivity index (χ3n) is 6.27. The Kier molecular flexibility index (Phi) is 5.65. The summed E-state index contributed by atoms with van der Waals surface area (Å²) in [4.78, 5) is 24.2. The number of methoxy groups -OCH3 is 1. The Morgan fingerprint density at radius 1 is 1.33 bits per heavy atom. The quantitative estimate of drug-likeness (QED) is 0.537. The Hall–Kier alpha value is -0.683. The number of esters is 1. The minimum Gasteiger partial charge on any atom is -0.456 e. The van der Waals surface area contributed by atoms with Gasteiger partial charge in [-0.1, -0.05) is 33.5 Å². The number of Topliss-reactive ketones (excluding diaryl/α,β-unsaturated/α-hetero) is 1. The monoisotopic (exact) mass is 354 g/mol. The molecule has 2 aliphatic rings. The molecular formula is C19H34O4Si. The van der Waals surface area contributed by atoms with Crippen molar-refractivity contribution in [1.82, 2.24) is 0 Å². The predicted molar refractivity (Wildman–Crippen MR) is 97.4 cm³/mol. The Bertz CT molecular complexity index is 498. The molecule has 4 nitrogen and oxygen atoms in total. The van der Waals surface area contributed by atoms with Gasteiger partial charge in [-0.2, -0.15) is 0 Å². The lowest BCUT2D eigenvalue weighted by Gasteiger charge is -2.54. The zero-order chi connectivity index (χ0) is 18.3. The van der Waals surface area contributed by atoms with Crippen LogP contribution in [0.3, 0.4) is 0 Å². The van der Waals surface area contributed by atoms with Gasteiger partial charge in [0.25, 0.3) is 0 Å². The summed E-state index contributed by atoms with van der Waals surface area (Å²) in [6, 6.07) is 0. The minimum atomic E-state index is -1.74. The average Bonchev–Trinajstić information content (AvgIpc) is 2.69. The first kappa shape index (κ1) is 19.6. The molecule has 1 saturated carbocycles. The molecule has 24 heavy (non-hydrogen) atoms. The van der Waals surface area contributed by atoms with Gasteiger partial charge in [0.15, 0.2) is 0 Å². The topological polar surface area (TPSA) is 52.6 Å². The van der Waals surface area contributed by atoms with Gasteiger partial charge < -0.3 is 14.3 Å². The second kappa shape index (κ2) is 6.91. The maximum atomic E-state index is 12.6. The van der Waals surface area contributed by atoms with Crippen molar-refractivity contribution >= 4 is 19.8 Å². The lowest BCUT2D eigenvalue weighted by atomic mass is 9.61. The van der Waals surface area contributed by atoms with Crippen LogP contribution in [0.25, 0.3) is 0 Å². The summed E-state index contributed by atoms with van der Waals surface area (Å²) in [7, 11) is 0.0164. The molecule has 0 N–H and O–H groups in total. The van der Waals surface area contributed by atoms with E-state index in [9.17, 15) is 9.59 Å². The summed E-state index contributed by atoms with van der Waals surface area (Å²) in [5.74, 6) is 0.889. The lowest BCUT2D eigenvalue weighted by Crippen LogP contribution is -2.65. The van der Waals surface area contributed by atoms with Crippen LogP contribution in [-0.2, 0) is 19.1 Å². The molecular weight excluding hydrogens is 320 g/mol. The van der Waals surface area contributed by atoms with E-state index < -0.39 is 13.7 Å². The van der Waals surface area contributed by atoms with Gasteiger partial charge in [-0.15, -0.1) is 0 Å². The number of rotatable bonds is 6. The van der Waals surface area contributed by atoms with Crippen LogP contribution >= 0.6 is 0 Å². The van der Waals surface area contributed by atoms with Gasteiger partial charge in [0.2, 0.25) is 0 Å². The maximum Gasteiger partial charge on any atom is 0.309 e. The van der Waals surface area contributed by atoms with Crippen molar-refractivity contribution in [2.75, 3.05) is 7.11 Å². The summed E-state index contributed by atoms with van der Waals surface area (Å²) in [6.45, 7) is 12.7. The molecule has 138 valence electrons. The molecule has 2 rings (SSSR count). The number of ether oxygens (including phenoxy) is 2. The van der Waals surface area contributed by atoms with Gasteiger partial charge >= 0.3 is 5.97 Å². The summed E-state index contributed by atoms with van der Waals surface area (Å²) in [6.07, 6.45) is 3.45. The number of hydrogen-bond acceptors (Lipinski definition) is 4. The number of carbonyl (C=O) groups excluding carboxylic acids is 2. The van der Waals surface area contributed by atoms with Crippen molar-refractivity contribution in [1.29, 1.82) is 0 Å². The Balaban J connectivity index is 2.52. The minimum absolute atomic E-state index is 0.0383. The van der Waals surface area contributed by atoms with Crippen LogP contribution in [0, 0.1) is 23.7 Å². The van der Waals surface area contributed by atoms with Crippen molar-refractivity contribution in [2.45, 2.75) is 77.4 Å². The SMILES string of the molecule is COC([C@@]12OC(=O)[C@H](C)C1CC[C@@H](C)[C@@H]2CCC(C)=O)[Si](C)(C)C. The molecule has 1 heterocycles. The number of ketones is 1. The number of carbonyl (C=O) groups is 2. The highest BCUT2D eigenvalue weighted by Gasteiger charge is 2.66. The average molecular weight is 355 g/mol. The fourth-order valence-electron chi connectivity index (χ4n) is 5.34. The second-order valence-electron chi connectivity index (χ2n) is 9.05. The maximum absolute atomic E-state index is 12.6. The molecule has 0 spiro atoms. The highest BCUT2D eigenvalue weighted by atomic mass is 28.3. The van der Waals surface area contributed by atoms with Crippen LogP contribution in [0.1, 0.15) is 46.5 Å². The number of hydrogen-bond donors (Lipinski definition) is 0. The number of fused-ring (bicyclic) bond motifs is 1. The standard InChI is InChI=1S/C19H34O4Si/c1-12-8-10-16-14(3)17(21)23-19(16,15(12)11-9-13(2)20)18(22-4)24(5,6)7/h12,14-16,18H,8-11H2,1-7H3/t12-,14-,15+,16?,18?,19+/m1/s1. The molecule has 1 aliphatic carbocycles. The molecule has 0 aromatic heterocycles. The summed E-state index contributed by atoms with van der Waals surface area (Å²) >= 11 is 0. The Labute approximate surface area is 147 Å². The van der Waals surface area contributed by atoms with Crippen LogP contribution in [0.15, 0.2) is 0 Å². The smallest absolute Gasteiger partial charge is 0.309 e. The van der Waals surface area contributed by atoms with E-state index in [4.69, 9.17) is 9.47 Å². The van der Waals surface area contributed by atoms with E-state index in [1.807, 2.05) is 6.92 Å². The van der Waals surface area contributed by atoms with Crippen molar-refractivity contribution < 1.29 is 19.1 Å². The van der Waals surface area contributed by atoms with Crippen LogP contribution < -0.4 is 0 Å². The molecule has 6 atom stereocenters. The van der Waals surface area contributed by atoms with E-state index in [2.05, 4.69) is 26.6 Å². The van der Waals surface area contributed by atoms with Gasteiger partial charge in [0, 0.05) is 25.4 Å². The molecule has 0 radical (unpaired) electrons. The van der Waals surface area contributed by atoms with Crippen LogP contribution in [0.2, 0.25) is 19.6 Å². The van der Waals surface area contributed by atoms with Gasteiger partial charge in [-0.25, -0.2) is 0 Å². The van der Waals surface area contributed by atoms with Crippen molar-refractivity contribution in [3.05, 3.63) is 0 Å². The van der Waals surface area contributed by atoms with Crippen LogP contribution in [0.5, 0.6) is 0 Å². The molecule has 2 fully saturated rings. The fraction of sp³-hybridized carbons (Fsp3) is 0.895. The van der Waals surface area contributed by atoms with Gasteiger partial charge in [0.1, 0.15) is 11.4 Å². The molecule has 0 amide bonds. The lowest BCUT2D eigenvalue weighted by molar-refractivity contribution is -0.181. The highest BCUT2D eigenvalue weighted by Crippen LogP contribution is 2.56. The largest absolute Gasteiger partial charge is 0.456 e. The van der Waals surface area contributed by atoms with Crippen LogP contribution in [0.4, 0.5) is 0 Å². The molecule has 2 unspecified atom stereocenters. The van der Waals surface area contributed by atoms with Crippen molar-refractivity contribution in [2.24, 2.45) is 23.7 Å².